The van der Waals surface area contributed by atoms with Crippen LogP contribution in [0.2, 0.25) is 0 Å². The van der Waals surface area contributed by atoms with Crippen LogP contribution in [0.5, 0.6) is 0 Å². The van der Waals surface area contributed by atoms with E-state index in [0.29, 0.717) is 29.8 Å². The van der Waals surface area contributed by atoms with Gasteiger partial charge in [0.25, 0.3) is 5.56 Å². The van der Waals surface area contributed by atoms with Crippen molar-refractivity contribution in [2.75, 3.05) is 24.5 Å². The first kappa shape index (κ1) is 16.4. The summed E-state index contributed by atoms with van der Waals surface area (Å²) in [7, 11) is 1.55. The van der Waals surface area contributed by atoms with Crippen LogP contribution in [0.1, 0.15) is 11.3 Å². The van der Waals surface area contributed by atoms with Gasteiger partial charge < -0.3 is 20.5 Å². The number of primary amides is 1. The molecule has 0 bridgehead atoms. The molecule has 3 rings (SSSR count). The molecule has 1 fully saturated rings. The first-order valence-electron chi connectivity index (χ1n) is 7.59. The number of nitrogens with two attached hydrogens (primary N) is 1. The highest BCUT2D eigenvalue weighted by atomic mass is 16.1. The van der Waals surface area contributed by atoms with E-state index in [1.165, 1.54) is 10.6 Å². The third-order valence-electron chi connectivity index (χ3n) is 4.28. The van der Waals surface area contributed by atoms with E-state index in [1.54, 1.807) is 18.0 Å². The van der Waals surface area contributed by atoms with Crippen LogP contribution in [0.4, 0.5) is 5.69 Å². The zero-order valence-electron chi connectivity index (χ0n) is 13.5. The molecular weight excluding hydrogens is 322 g/mol. The van der Waals surface area contributed by atoms with Gasteiger partial charge >= 0.3 is 0 Å². The average Bonchev–Trinajstić information content (AvgIpc) is 2.63. The van der Waals surface area contributed by atoms with Gasteiger partial charge in [0.2, 0.25) is 5.91 Å². The molecule has 1 aliphatic heterocycles. The highest BCUT2D eigenvalue weighted by Gasteiger charge is 2.28. The maximum Gasteiger partial charge on any atom is 0.270 e. The summed E-state index contributed by atoms with van der Waals surface area (Å²) in [5.74, 6) is -0.512. The number of fused-ring (bicyclic) bond motifs is 1. The first-order chi connectivity index (χ1) is 12.0. The van der Waals surface area contributed by atoms with Gasteiger partial charge in [-0.25, -0.2) is 4.98 Å². The van der Waals surface area contributed by atoms with Crippen molar-refractivity contribution in [2.24, 2.45) is 12.8 Å². The summed E-state index contributed by atoms with van der Waals surface area (Å²) in [5.41, 5.74) is 6.25. The van der Waals surface area contributed by atoms with E-state index < -0.39 is 17.5 Å². The number of amides is 1. The molecule has 126 valence electrons. The van der Waals surface area contributed by atoms with Gasteiger partial charge in [-0.15, -0.1) is 0 Å². The van der Waals surface area contributed by atoms with Crippen LogP contribution in [-0.2, 0) is 11.8 Å². The third-order valence-corrected chi connectivity index (χ3v) is 4.28. The smallest absolute Gasteiger partial charge is 0.270 e. The van der Waals surface area contributed by atoms with Crippen LogP contribution < -0.4 is 21.5 Å². The van der Waals surface area contributed by atoms with Gasteiger partial charge in [0.15, 0.2) is 0 Å². The van der Waals surface area contributed by atoms with E-state index in [4.69, 9.17) is 11.0 Å². The maximum absolute atomic E-state index is 12.6. The second-order valence-electron chi connectivity index (χ2n) is 5.73. The molecule has 3 N–H and O–H groups in total. The topological polar surface area (TPSA) is 141 Å². The molecule has 0 aromatic carbocycles. The number of rotatable bonds is 2. The zero-order valence-corrected chi connectivity index (χ0v) is 13.5. The lowest BCUT2D eigenvalue weighted by molar-refractivity contribution is -0.120. The lowest BCUT2D eigenvalue weighted by Gasteiger charge is -2.34. The molecule has 3 heterocycles. The SMILES string of the molecule is Cn1c(=O)c(C#N)c(N2CCNC(C(N)=O)C2)c2nc(C#N)ccc21. The molecule has 1 saturated heterocycles. The van der Waals surface area contributed by atoms with Crippen molar-refractivity contribution in [3.05, 3.63) is 33.7 Å². The molecule has 0 saturated carbocycles. The first-order valence-corrected chi connectivity index (χ1v) is 7.59. The lowest BCUT2D eigenvalue weighted by atomic mass is 10.1. The quantitative estimate of drug-likeness (QED) is 0.711. The van der Waals surface area contributed by atoms with Crippen LogP contribution in [0.25, 0.3) is 11.0 Å². The number of piperazine rings is 1. The summed E-state index contributed by atoms with van der Waals surface area (Å²) in [6, 6.07) is 6.45. The number of nitrogens with one attached hydrogen (secondary N) is 1. The predicted octanol–water partition coefficient (Wildman–Crippen LogP) is -1.06. The second-order valence-corrected chi connectivity index (χ2v) is 5.73. The normalized spacial score (nSPS) is 17.1. The number of pyridine rings is 2. The van der Waals surface area contributed by atoms with Gasteiger partial charge in [0.05, 0.1) is 11.2 Å². The summed E-state index contributed by atoms with van der Waals surface area (Å²) in [6.45, 7) is 1.15. The molecule has 1 aliphatic rings. The van der Waals surface area contributed by atoms with Crippen LogP contribution >= 0.6 is 0 Å². The Bertz CT molecular complexity index is 1010. The number of nitriles is 2. The van der Waals surface area contributed by atoms with Crippen molar-refractivity contribution < 1.29 is 4.79 Å². The number of carbonyl (C=O) groups is 1. The molecule has 25 heavy (non-hydrogen) atoms. The Balaban J connectivity index is 2.30. The summed E-state index contributed by atoms with van der Waals surface area (Å²) in [5, 5.41) is 21.7. The summed E-state index contributed by atoms with van der Waals surface area (Å²) >= 11 is 0. The van der Waals surface area contributed by atoms with E-state index in [9.17, 15) is 14.9 Å². The standard InChI is InChI=1S/C16H15N7O2/c1-22-12-3-2-9(6-17)21-13(12)14(10(7-18)16(22)25)23-5-4-20-11(8-23)15(19)24/h2-3,11,20H,4-5,8H2,1H3,(H2,19,24). The van der Waals surface area contributed by atoms with E-state index >= 15 is 0 Å². The van der Waals surface area contributed by atoms with E-state index in [1.807, 2.05) is 12.1 Å². The largest absolute Gasteiger partial charge is 0.368 e. The van der Waals surface area contributed by atoms with Crippen molar-refractivity contribution in [3.8, 4) is 12.1 Å². The molecule has 9 nitrogen and oxygen atoms in total. The van der Waals surface area contributed by atoms with Crippen LogP contribution in [0.15, 0.2) is 16.9 Å². The molecule has 0 radical (unpaired) electrons. The molecule has 1 amide bonds. The van der Waals surface area contributed by atoms with E-state index in [0.717, 1.165) is 0 Å². The minimum absolute atomic E-state index is 0.0669. The number of anilines is 1. The fraction of sp³-hybridized carbons (Fsp3) is 0.312. The second kappa shape index (κ2) is 6.23. The predicted molar refractivity (Wildman–Crippen MR) is 89.6 cm³/mol. The van der Waals surface area contributed by atoms with Gasteiger partial charge in [-0.3, -0.25) is 9.59 Å². The number of aromatic nitrogens is 2. The summed E-state index contributed by atoms with van der Waals surface area (Å²) < 4.78 is 1.33. The zero-order chi connectivity index (χ0) is 18.1. The molecule has 1 unspecified atom stereocenters. The monoisotopic (exact) mass is 337 g/mol. The Hall–Kier alpha value is -3.43. The van der Waals surface area contributed by atoms with Gasteiger partial charge in [0.1, 0.15) is 35.0 Å². The van der Waals surface area contributed by atoms with Crippen molar-refractivity contribution in [2.45, 2.75) is 6.04 Å². The Morgan fingerprint density at radius 2 is 2.16 bits per heavy atom. The van der Waals surface area contributed by atoms with Crippen LogP contribution in [0, 0.1) is 22.7 Å². The number of hydrogen-bond acceptors (Lipinski definition) is 7. The molecule has 9 heteroatoms. The Morgan fingerprint density at radius 3 is 2.80 bits per heavy atom. The van der Waals surface area contributed by atoms with Crippen molar-refractivity contribution in [3.63, 3.8) is 0 Å². The number of aryl methyl sites for hydroxylation is 1. The lowest BCUT2D eigenvalue weighted by Crippen LogP contribution is -2.56. The fourth-order valence-electron chi connectivity index (χ4n) is 3.01. The third kappa shape index (κ3) is 2.67. The minimum atomic E-state index is -0.599. The van der Waals surface area contributed by atoms with E-state index in [-0.39, 0.29) is 17.8 Å². The van der Waals surface area contributed by atoms with Gasteiger partial charge in [-0.2, -0.15) is 10.5 Å². The molecule has 2 aromatic heterocycles. The van der Waals surface area contributed by atoms with Crippen LogP contribution in [0.3, 0.4) is 0 Å². The van der Waals surface area contributed by atoms with Crippen molar-refractivity contribution >= 4 is 22.6 Å². The Kier molecular flexibility index (Phi) is 4.09. The number of nitrogens with zero attached hydrogens (tertiary/aromatic N) is 5. The Labute approximate surface area is 142 Å². The molecule has 0 aliphatic carbocycles. The highest BCUT2D eigenvalue weighted by molar-refractivity contribution is 5.92. The van der Waals surface area contributed by atoms with Gasteiger partial charge in [0, 0.05) is 26.7 Å². The highest BCUT2D eigenvalue weighted by Crippen LogP contribution is 2.28. The summed E-state index contributed by atoms with van der Waals surface area (Å²) in [4.78, 5) is 30.1. The molecular formula is C16H15N7O2. The fourth-order valence-corrected chi connectivity index (χ4v) is 3.01. The Morgan fingerprint density at radius 1 is 1.40 bits per heavy atom. The van der Waals surface area contributed by atoms with Gasteiger partial charge in [-0.05, 0) is 12.1 Å². The number of carbonyl (C=O) groups excluding carboxylic acids is 1. The van der Waals surface area contributed by atoms with Crippen molar-refractivity contribution in [1.29, 1.82) is 10.5 Å². The number of hydrogen-bond donors (Lipinski definition) is 2. The maximum atomic E-state index is 12.6. The van der Waals surface area contributed by atoms with Crippen LogP contribution in [-0.4, -0.2) is 41.1 Å². The minimum Gasteiger partial charge on any atom is -0.368 e. The molecule has 0 spiro atoms. The van der Waals surface area contributed by atoms with E-state index in [2.05, 4.69) is 10.3 Å². The molecule has 1 atom stereocenters. The molecule has 2 aromatic rings. The summed E-state index contributed by atoms with van der Waals surface area (Å²) in [6.07, 6.45) is 0. The average molecular weight is 337 g/mol. The van der Waals surface area contributed by atoms with Gasteiger partial charge in [-0.1, -0.05) is 0 Å². The van der Waals surface area contributed by atoms with Crippen molar-refractivity contribution in [1.82, 2.24) is 14.9 Å².